The minimum absolute atomic E-state index is 0.0742. The molecule has 0 spiro atoms. The number of benzene rings is 1. The number of nitrogens with two attached hydrogens (primary N) is 1. The molecular weight excluding hydrogens is 422 g/mol. The highest BCUT2D eigenvalue weighted by atomic mass is 32.1. The van der Waals surface area contributed by atoms with Crippen LogP contribution in [-0.4, -0.2) is 43.3 Å². The first-order valence-corrected chi connectivity index (χ1v) is 10.6. The minimum Gasteiger partial charge on any atom is -0.382 e. The van der Waals surface area contributed by atoms with Crippen molar-refractivity contribution in [2.75, 3.05) is 18.8 Å². The summed E-state index contributed by atoms with van der Waals surface area (Å²) in [7, 11) is 0. The molecule has 1 saturated heterocycles. The number of nitrogen functional groups attached to an aromatic ring is 1. The van der Waals surface area contributed by atoms with Crippen LogP contribution < -0.4 is 11.1 Å². The van der Waals surface area contributed by atoms with Gasteiger partial charge in [0.25, 0.3) is 0 Å². The topological polar surface area (TPSA) is 107 Å². The first kappa shape index (κ1) is 19.6. The number of nitrogens with zero attached hydrogens (tertiary/aromatic N) is 6. The van der Waals surface area contributed by atoms with Gasteiger partial charge in [0, 0.05) is 15.8 Å². The van der Waals surface area contributed by atoms with Crippen LogP contribution in [0.4, 0.5) is 14.6 Å². The average molecular weight is 440 g/mol. The third-order valence-electron chi connectivity index (χ3n) is 5.30. The molecule has 0 unspecified atom stereocenters. The molecule has 0 aliphatic carbocycles. The summed E-state index contributed by atoms with van der Waals surface area (Å²) < 4.78 is 29.1. The molecule has 11 heteroatoms. The van der Waals surface area contributed by atoms with Gasteiger partial charge < -0.3 is 11.1 Å². The standard InChI is InChI=1S/C20H18F2N8S/c21-13-2-1-3-15(17(13)22)30-20(27-28-29-30)18-19(23)25-9-14(26-18)12-8-16(31-10-12)11-4-6-24-7-5-11/h1-3,8-11,24H,4-7H2,(H2,23,25). The summed E-state index contributed by atoms with van der Waals surface area (Å²) in [5.41, 5.74) is 7.62. The third kappa shape index (κ3) is 3.66. The lowest BCUT2D eigenvalue weighted by Crippen LogP contribution is -2.26. The molecular formula is C20H18F2N8S. The van der Waals surface area contributed by atoms with E-state index in [1.807, 2.05) is 5.38 Å². The Hall–Kier alpha value is -3.31. The van der Waals surface area contributed by atoms with Crippen LogP contribution in [-0.2, 0) is 0 Å². The van der Waals surface area contributed by atoms with Crippen LogP contribution in [0.2, 0.25) is 0 Å². The van der Waals surface area contributed by atoms with Crippen LogP contribution in [0.1, 0.15) is 23.6 Å². The molecule has 1 aliphatic rings. The molecule has 4 aromatic rings. The van der Waals surface area contributed by atoms with Gasteiger partial charge in [-0.2, -0.15) is 4.68 Å². The number of anilines is 1. The Balaban J connectivity index is 1.53. The van der Waals surface area contributed by atoms with Gasteiger partial charge in [0.2, 0.25) is 5.82 Å². The molecule has 0 bridgehead atoms. The monoisotopic (exact) mass is 440 g/mol. The van der Waals surface area contributed by atoms with Gasteiger partial charge in [0.1, 0.15) is 5.69 Å². The minimum atomic E-state index is -1.07. The van der Waals surface area contributed by atoms with Crippen molar-refractivity contribution in [1.82, 2.24) is 35.5 Å². The summed E-state index contributed by atoms with van der Waals surface area (Å²) in [4.78, 5) is 10.2. The van der Waals surface area contributed by atoms with E-state index < -0.39 is 11.6 Å². The van der Waals surface area contributed by atoms with Gasteiger partial charge in [0.05, 0.1) is 11.9 Å². The predicted molar refractivity (Wildman–Crippen MR) is 113 cm³/mol. The number of aromatic nitrogens is 6. The number of hydrogen-bond donors (Lipinski definition) is 2. The molecule has 5 rings (SSSR count). The Morgan fingerprint density at radius 1 is 1.19 bits per heavy atom. The maximum atomic E-state index is 14.3. The molecule has 8 nitrogen and oxygen atoms in total. The van der Waals surface area contributed by atoms with Crippen molar-refractivity contribution >= 4 is 17.2 Å². The number of halogens is 2. The van der Waals surface area contributed by atoms with E-state index in [0.29, 0.717) is 11.6 Å². The largest absolute Gasteiger partial charge is 0.382 e. The average Bonchev–Trinajstić information content (AvgIpc) is 3.47. The van der Waals surface area contributed by atoms with E-state index in [-0.39, 0.29) is 23.0 Å². The second-order valence-electron chi connectivity index (χ2n) is 7.24. The molecule has 3 N–H and O–H groups in total. The Bertz CT molecular complexity index is 1230. The lowest BCUT2D eigenvalue weighted by molar-refractivity contribution is 0.465. The second-order valence-corrected chi connectivity index (χ2v) is 8.18. The molecule has 4 heterocycles. The molecule has 1 aliphatic heterocycles. The molecule has 3 aromatic heterocycles. The van der Waals surface area contributed by atoms with E-state index in [1.165, 1.54) is 17.0 Å². The normalized spacial score (nSPS) is 14.8. The van der Waals surface area contributed by atoms with Gasteiger partial charge in [-0.1, -0.05) is 6.07 Å². The van der Waals surface area contributed by atoms with Gasteiger partial charge in [-0.25, -0.2) is 18.7 Å². The predicted octanol–water partition coefficient (Wildman–Crippen LogP) is 3.18. The number of thiophene rings is 1. The molecule has 31 heavy (non-hydrogen) atoms. The highest BCUT2D eigenvalue weighted by molar-refractivity contribution is 7.10. The van der Waals surface area contributed by atoms with Crippen molar-refractivity contribution in [2.24, 2.45) is 0 Å². The van der Waals surface area contributed by atoms with Gasteiger partial charge in [-0.05, 0) is 60.5 Å². The van der Waals surface area contributed by atoms with Crippen LogP contribution in [0.5, 0.6) is 0 Å². The molecule has 158 valence electrons. The van der Waals surface area contributed by atoms with Crippen molar-refractivity contribution in [3.63, 3.8) is 0 Å². The van der Waals surface area contributed by atoms with E-state index >= 15 is 0 Å². The Morgan fingerprint density at radius 2 is 2.03 bits per heavy atom. The first-order chi connectivity index (χ1) is 15.1. The molecule has 0 atom stereocenters. The summed E-state index contributed by atoms with van der Waals surface area (Å²) >= 11 is 1.70. The quantitative estimate of drug-likeness (QED) is 0.502. The van der Waals surface area contributed by atoms with Gasteiger partial charge in [-0.15, -0.1) is 16.4 Å². The SMILES string of the molecule is Nc1ncc(-c2csc(C3CCNCC3)c2)nc1-c1nnnn1-c1cccc(F)c1F. The number of tetrazole rings is 1. The number of rotatable bonds is 4. The second kappa shape index (κ2) is 8.08. The number of piperidine rings is 1. The van der Waals surface area contributed by atoms with Gasteiger partial charge in [0.15, 0.2) is 23.1 Å². The van der Waals surface area contributed by atoms with Crippen LogP contribution in [0.25, 0.3) is 28.5 Å². The Labute approximate surface area is 180 Å². The number of nitrogens with one attached hydrogen (secondary N) is 1. The fourth-order valence-electron chi connectivity index (χ4n) is 3.66. The number of hydrogen-bond acceptors (Lipinski definition) is 8. The summed E-state index contributed by atoms with van der Waals surface area (Å²) in [5.74, 6) is -1.38. The summed E-state index contributed by atoms with van der Waals surface area (Å²) in [6.45, 7) is 2.03. The Morgan fingerprint density at radius 3 is 2.87 bits per heavy atom. The van der Waals surface area contributed by atoms with Crippen molar-refractivity contribution in [2.45, 2.75) is 18.8 Å². The fraction of sp³-hybridized carbons (Fsp3) is 0.250. The zero-order valence-corrected chi connectivity index (χ0v) is 17.1. The fourth-order valence-corrected chi connectivity index (χ4v) is 4.74. The van der Waals surface area contributed by atoms with Crippen molar-refractivity contribution in [3.05, 3.63) is 52.4 Å². The van der Waals surface area contributed by atoms with E-state index in [0.717, 1.165) is 42.2 Å². The maximum absolute atomic E-state index is 14.3. The molecule has 0 saturated carbocycles. The van der Waals surface area contributed by atoms with E-state index in [2.05, 4.69) is 36.9 Å². The summed E-state index contributed by atoms with van der Waals surface area (Å²) in [6.07, 6.45) is 3.79. The molecule has 0 amide bonds. The van der Waals surface area contributed by atoms with Gasteiger partial charge in [-0.3, -0.25) is 0 Å². The Kier molecular flexibility index (Phi) is 5.12. The molecule has 1 fully saturated rings. The first-order valence-electron chi connectivity index (χ1n) is 9.77. The zero-order chi connectivity index (χ0) is 21.4. The van der Waals surface area contributed by atoms with Crippen LogP contribution in [0.15, 0.2) is 35.8 Å². The van der Waals surface area contributed by atoms with Crippen molar-refractivity contribution in [1.29, 1.82) is 0 Å². The zero-order valence-electron chi connectivity index (χ0n) is 16.3. The van der Waals surface area contributed by atoms with Crippen LogP contribution >= 0.6 is 11.3 Å². The van der Waals surface area contributed by atoms with E-state index in [4.69, 9.17) is 5.73 Å². The van der Waals surface area contributed by atoms with E-state index in [9.17, 15) is 8.78 Å². The highest BCUT2D eigenvalue weighted by Crippen LogP contribution is 2.34. The third-order valence-corrected chi connectivity index (χ3v) is 6.39. The maximum Gasteiger partial charge on any atom is 0.209 e. The summed E-state index contributed by atoms with van der Waals surface area (Å²) in [5, 5.41) is 16.7. The smallest absolute Gasteiger partial charge is 0.209 e. The lowest BCUT2D eigenvalue weighted by Gasteiger charge is -2.21. The molecule has 1 aromatic carbocycles. The molecule has 0 radical (unpaired) electrons. The highest BCUT2D eigenvalue weighted by Gasteiger charge is 2.22. The summed E-state index contributed by atoms with van der Waals surface area (Å²) in [6, 6.07) is 5.89. The van der Waals surface area contributed by atoms with E-state index in [1.54, 1.807) is 17.5 Å². The lowest BCUT2D eigenvalue weighted by atomic mass is 9.96. The van der Waals surface area contributed by atoms with Crippen molar-refractivity contribution < 1.29 is 8.78 Å². The van der Waals surface area contributed by atoms with Crippen LogP contribution in [0, 0.1) is 11.6 Å². The van der Waals surface area contributed by atoms with Gasteiger partial charge >= 0.3 is 0 Å². The van der Waals surface area contributed by atoms with Crippen molar-refractivity contribution in [3.8, 4) is 28.5 Å². The van der Waals surface area contributed by atoms with Crippen LogP contribution in [0.3, 0.4) is 0 Å².